The molecule has 0 bridgehead atoms. The fourth-order valence-corrected chi connectivity index (χ4v) is 1.94. The topological polar surface area (TPSA) is 71.7 Å². The molecule has 1 atom stereocenters. The van der Waals surface area contributed by atoms with Crippen molar-refractivity contribution in [2.24, 2.45) is 0 Å². The summed E-state index contributed by atoms with van der Waals surface area (Å²) in [5.41, 5.74) is 0.691. The first kappa shape index (κ1) is 16.2. The molecule has 0 spiro atoms. The zero-order chi connectivity index (χ0) is 15.9. The molecule has 0 fully saturated rings. The predicted molar refractivity (Wildman–Crippen MR) is 78.9 cm³/mol. The van der Waals surface area contributed by atoms with Crippen LogP contribution < -0.4 is 5.32 Å². The number of hydrogen-bond acceptors (Lipinski definition) is 4. The molecule has 1 heterocycles. The summed E-state index contributed by atoms with van der Waals surface area (Å²) in [5, 5.41) is 12.1. The Balaban J connectivity index is 1.90. The Morgan fingerprint density at radius 1 is 1.32 bits per heavy atom. The Morgan fingerprint density at radius 3 is 2.73 bits per heavy atom. The quantitative estimate of drug-likeness (QED) is 0.822. The fourth-order valence-electron chi connectivity index (χ4n) is 1.94. The van der Waals surface area contributed by atoms with Gasteiger partial charge in [-0.15, -0.1) is 0 Å². The monoisotopic (exact) mass is 307 g/mol. The highest BCUT2D eigenvalue weighted by Gasteiger charge is 2.12. The van der Waals surface area contributed by atoms with E-state index in [1.807, 2.05) is 0 Å². The molecule has 0 saturated carbocycles. The van der Waals surface area contributed by atoms with Gasteiger partial charge in [0.1, 0.15) is 11.6 Å². The molecule has 6 heteroatoms. The van der Waals surface area contributed by atoms with Gasteiger partial charge in [0.15, 0.2) is 5.76 Å². The largest absolute Gasteiger partial charge is 0.451 e. The van der Waals surface area contributed by atoms with E-state index in [0.29, 0.717) is 24.3 Å². The minimum absolute atomic E-state index is 0.167. The average molecular weight is 307 g/mol. The molecule has 0 radical (unpaired) electrons. The lowest BCUT2D eigenvalue weighted by Gasteiger charge is -2.09. The van der Waals surface area contributed by atoms with Crippen LogP contribution in [0.3, 0.4) is 0 Å². The van der Waals surface area contributed by atoms with Crippen molar-refractivity contribution in [1.82, 2.24) is 5.32 Å². The average Bonchev–Trinajstić information content (AvgIpc) is 2.98. The SMILES string of the molecule is COCC(O)CCNC(=O)c1ccc(-c2ccc(F)cc2)o1. The van der Waals surface area contributed by atoms with Crippen LogP contribution in [-0.4, -0.2) is 37.4 Å². The van der Waals surface area contributed by atoms with Gasteiger partial charge in [-0.2, -0.15) is 0 Å². The zero-order valence-corrected chi connectivity index (χ0v) is 12.2. The first-order valence-corrected chi connectivity index (χ1v) is 6.91. The van der Waals surface area contributed by atoms with Crippen LogP contribution in [0.15, 0.2) is 40.8 Å². The molecule has 0 aliphatic carbocycles. The van der Waals surface area contributed by atoms with Crippen molar-refractivity contribution in [3.05, 3.63) is 48.0 Å². The highest BCUT2D eigenvalue weighted by atomic mass is 19.1. The third-order valence-corrected chi connectivity index (χ3v) is 3.08. The van der Waals surface area contributed by atoms with E-state index in [2.05, 4.69) is 5.32 Å². The number of aliphatic hydroxyl groups is 1. The number of hydrogen-bond donors (Lipinski definition) is 2. The van der Waals surface area contributed by atoms with E-state index in [1.54, 1.807) is 24.3 Å². The second kappa shape index (κ2) is 7.72. The van der Waals surface area contributed by atoms with Crippen LogP contribution in [0.1, 0.15) is 17.0 Å². The minimum Gasteiger partial charge on any atom is -0.451 e. The Kier molecular flexibility index (Phi) is 5.68. The van der Waals surface area contributed by atoms with E-state index in [1.165, 1.54) is 19.2 Å². The van der Waals surface area contributed by atoms with Crippen LogP contribution in [0.2, 0.25) is 0 Å². The maximum Gasteiger partial charge on any atom is 0.287 e. The summed E-state index contributed by atoms with van der Waals surface area (Å²) >= 11 is 0. The first-order chi connectivity index (χ1) is 10.6. The number of amides is 1. The van der Waals surface area contributed by atoms with Crippen molar-refractivity contribution in [2.45, 2.75) is 12.5 Å². The molecule has 2 rings (SSSR count). The Bertz CT molecular complexity index is 609. The molecule has 118 valence electrons. The van der Waals surface area contributed by atoms with Crippen molar-refractivity contribution in [3.63, 3.8) is 0 Å². The molecule has 0 saturated heterocycles. The minimum atomic E-state index is -0.614. The van der Waals surface area contributed by atoms with E-state index in [9.17, 15) is 14.3 Å². The molecule has 2 aromatic rings. The lowest BCUT2D eigenvalue weighted by atomic mass is 10.2. The molecular formula is C16H18FNO4. The summed E-state index contributed by atoms with van der Waals surface area (Å²) in [6.07, 6.45) is -0.220. The summed E-state index contributed by atoms with van der Waals surface area (Å²) in [6.45, 7) is 0.543. The highest BCUT2D eigenvalue weighted by Crippen LogP contribution is 2.22. The van der Waals surface area contributed by atoms with E-state index in [0.717, 1.165) is 0 Å². The van der Waals surface area contributed by atoms with Gasteiger partial charge in [0.2, 0.25) is 0 Å². The molecular weight excluding hydrogens is 289 g/mol. The number of nitrogens with one attached hydrogen (secondary N) is 1. The molecule has 1 unspecified atom stereocenters. The van der Waals surface area contributed by atoms with E-state index < -0.39 is 6.10 Å². The Hall–Kier alpha value is -2.18. The van der Waals surface area contributed by atoms with Gasteiger partial charge in [-0.1, -0.05) is 0 Å². The van der Waals surface area contributed by atoms with Crippen molar-refractivity contribution < 1.29 is 23.4 Å². The lowest BCUT2D eigenvalue weighted by molar-refractivity contribution is 0.0586. The molecule has 1 aromatic carbocycles. The number of halogens is 1. The maximum absolute atomic E-state index is 12.9. The number of rotatable bonds is 7. The van der Waals surface area contributed by atoms with Crippen LogP contribution in [-0.2, 0) is 4.74 Å². The summed E-state index contributed by atoms with van der Waals surface area (Å²) < 4.78 is 23.1. The Labute approximate surface area is 127 Å². The third-order valence-electron chi connectivity index (χ3n) is 3.08. The van der Waals surface area contributed by atoms with Gasteiger partial charge < -0.3 is 19.6 Å². The van der Waals surface area contributed by atoms with Crippen molar-refractivity contribution in [2.75, 3.05) is 20.3 Å². The van der Waals surface area contributed by atoms with Crippen LogP contribution in [0.5, 0.6) is 0 Å². The number of carbonyl (C=O) groups excluding carboxylic acids is 1. The molecule has 5 nitrogen and oxygen atoms in total. The fraction of sp³-hybridized carbons (Fsp3) is 0.312. The van der Waals surface area contributed by atoms with Crippen LogP contribution in [0.25, 0.3) is 11.3 Å². The number of methoxy groups -OCH3 is 1. The Morgan fingerprint density at radius 2 is 2.05 bits per heavy atom. The lowest BCUT2D eigenvalue weighted by Crippen LogP contribution is -2.28. The van der Waals surface area contributed by atoms with Crippen molar-refractivity contribution in [3.8, 4) is 11.3 Å². The van der Waals surface area contributed by atoms with Crippen LogP contribution in [0.4, 0.5) is 4.39 Å². The second-order valence-electron chi connectivity index (χ2n) is 4.82. The number of aliphatic hydroxyl groups excluding tert-OH is 1. The van der Waals surface area contributed by atoms with E-state index >= 15 is 0 Å². The van der Waals surface area contributed by atoms with Crippen LogP contribution in [0, 0.1) is 5.82 Å². The summed E-state index contributed by atoms with van der Waals surface area (Å²) in [7, 11) is 1.50. The molecule has 1 aromatic heterocycles. The van der Waals surface area contributed by atoms with Gasteiger partial charge in [0.05, 0.1) is 12.7 Å². The van der Waals surface area contributed by atoms with Gasteiger partial charge >= 0.3 is 0 Å². The van der Waals surface area contributed by atoms with Gasteiger partial charge in [-0.3, -0.25) is 4.79 Å². The van der Waals surface area contributed by atoms with Crippen molar-refractivity contribution >= 4 is 5.91 Å². The summed E-state index contributed by atoms with van der Waals surface area (Å²) in [6, 6.07) is 9.03. The number of benzene rings is 1. The molecule has 22 heavy (non-hydrogen) atoms. The van der Waals surface area contributed by atoms with Crippen molar-refractivity contribution in [1.29, 1.82) is 0 Å². The number of furan rings is 1. The van der Waals surface area contributed by atoms with Gasteiger partial charge in [0, 0.05) is 19.2 Å². The van der Waals surface area contributed by atoms with Gasteiger partial charge in [-0.25, -0.2) is 4.39 Å². The summed E-state index contributed by atoms with van der Waals surface area (Å²) in [4.78, 5) is 11.9. The smallest absolute Gasteiger partial charge is 0.287 e. The first-order valence-electron chi connectivity index (χ1n) is 6.91. The third kappa shape index (κ3) is 4.41. The molecule has 1 amide bonds. The maximum atomic E-state index is 12.9. The molecule has 0 aliphatic rings. The number of carbonyl (C=O) groups is 1. The zero-order valence-electron chi connectivity index (χ0n) is 12.2. The van der Waals surface area contributed by atoms with Gasteiger partial charge in [0.25, 0.3) is 5.91 Å². The molecule has 2 N–H and O–H groups in total. The second-order valence-corrected chi connectivity index (χ2v) is 4.82. The van der Waals surface area contributed by atoms with Crippen LogP contribution >= 0.6 is 0 Å². The molecule has 0 aliphatic heterocycles. The normalized spacial score (nSPS) is 12.1. The summed E-state index contributed by atoms with van der Waals surface area (Å²) in [5.74, 6) is -0.0361. The number of ether oxygens (including phenoxy) is 1. The van der Waals surface area contributed by atoms with Gasteiger partial charge in [-0.05, 0) is 42.8 Å². The van der Waals surface area contributed by atoms with E-state index in [-0.39, 0.29) is 24.1 Å². The predicted octanol–water partition coefficient (Wildman–Crippen LogP) is 2.21. The standard InChI is InChI=1S/C16H18FNO4/c1-21-10-13(19)8-9-18-16(20)15-7-6-14(22-15)11-2-4-12(17)5-3-11/h2-7,13,19H,8-10H2,1H3,(H,18,20). The highest BCUT2D eigenvalue weighted by molar-refractivity contribution is 5.92. The van der Waals surface area contributed by atoms with E-state index in [4.69, 9.17) is 9.15 Å².